The number of thioether (sulfide) groups is 1. The Morgan fingerprint density at radius 1 is 1.40 bits per heavy atom. The molecule has 0 fully saturated rings. The average molecular weight is 223 g/mol. The minimum Gasteiger partial charge on any atom is -0.549 e. The van der Waals surface area contributed by atoms with E-state index < -0.39 is 11.9 Å². The number of carbonyl (C=O) groups excluding carboxylic acids is 1. The largest absolute Gasteiger partial charge is 0.549 e. The Labute approximate surface area is 94.7 Å². The Morgan fingerprint density at radius 3 is 2.60 bits per heavy atom. The van der Waals surface area contributed by atoms with E-state index in [4.69, 9.17) is 0 Å². The first kappa shape index (κ1) is 12.1. The van der Waals surface area contributed by atoms with Crippen molar-refractivity contribution in [3.05, 3.63) is 35.9 Å². The lowest BCUT2D eigenvalue weighted by molar-refractivity contribution is -0.308. The van der Waals surface area contributed by atoms with Crippen LogP contribution >= 0.6 is 11.8 Å². The van der Waals surface area contributed by atoms with Gasteiger partial charge < -0.3 is 9.90 Å². The van der Waals surface area contributed by atoms with Gasteiger partial charge in [-0.2, -0.15) is 11.8 Å². The number of carboxylic acids is 1. The molecular formula is C12H15O2S-. The first-order valence-corrected chi connectivity index (χ1v) is 6.24. The van der Waals surface area contributed by atoms with Gasteiger partial charge in [-0.25, -0.2) is 0 Å². The van der Waals surface area contributed by atoms with Gasteiger partial charge in [-0.1, -0.05) is 37.3 Å². The van der Waals surface area contributed by atoms with Gasteiger partial charge in [-0.3, -0.25) is 0 Å². The molecule has 1 aromatic rings. The molecule has 0 radical (unpaired) electrons. The normalized spacial score (nSPS) is 12.3. The van der Waals surface area contributed by atoms with E-state index in [0.717, 1.165) is 17.1 Å². The second kappa shape index (κ2) is 6.51. The van der Waals surface area contributed by atoms with Crippen LogP contribution in [0.25, 0.3) is 0 Å². The molecule has 3 heteroatoms. The summed E-state index contributed by atoms with van der Waals surface area (Å²) < 4.78 is 0. The van der Waals surface area contributed by atoms with Crippen molar-refractivity contribution in [2.45, 2.75) is 19.3 Å². The molecule has 15 heavy (non-hydrogen) atoms. The SMILES string of the molecule is CCSCCC(C(=O)[O-])c1ccccc1. The molecule has 0 heterocycles. The monoisotopic (exact) mass is 223 g/mol. The molecule has 0 N–H and O–H groups in total. The predicted molar refractivity (Wildman–Crippen MR) is 61.8 cm³/mol. The summed E-state index contributed by atoms with van der Waals surface area (Å²) in [5.41, 5.74) is 0.842. The highest BCUT2D eigenvalue weighted by Crippen LogP contribution is 2.20. The molecule has 0 aromatic heterocycles. The Hall–Kier alpha value is -0.960. The van der Waals surface area contributed by atoms with Crippen molar-refractivity contribution in [2.24, 2.45) is 0 Å². The number of rotatable bonds is 6. The second-order valence-electron chi connectivity index (χ2n) is 3.27. The molecule has 2 nitrogen and oxygen atoms in total. The van der Waals surface area contributed by atoms with Crippen molar-refractivity contribution >= 4 is 17.7 Å². The highest BCUT2D eigenvalue weighted by Gasteiger charge is 2.11. The molecule has 1 aromatic carbocycles. The number of hydrogen-bond donors (Lipinski definition) is 0. The van der Waals surface area contributed by atoms with E-state index in [1.54, 1.807) is 11.8 Å². The van der Waals surface area contributed by atoms with Crippen molar-refractivity contribution in [1.82, 2.24) is 0 Å². The molecule has 0 bridgehead atoms. The molecule has 0 aliphatic carbocycles. The van der Waals surface area contributed by atoms with Crippen LogP contribution in [0.4, 0.5) is 0 Å². The fourth-order valence-corrected chi connectivity index (χ4v) is 2.14. The van der Waals surface area contributed by atoms with Crippen molar-refractivity contribution in [3.63, 3.8) is 0 Å². The number of hydrogen-bond acceptors (Lipinski definition) is 3. The Bertz CT molecular complexity index is 298. The zero-order valence-corrected chi connectivity index (χ0v) is 9.63. The molecular weight excluding hydrogens is 208 g/mol. The number of carboxylic acid groups (broad SMARTS) is 1. The van der Waals surface area contributed by atoms with Crippen molar-refractivity contribution in [3.8, 4) is 0 Å². The third kappa shape index (κ3) is 3.96. The fourth-order valence-electron chi connectivity index (χ4n) is 1.45. The standard InChI is InChI=1S/C12H16O2S/c1-2-15-9-8-11(12(13)14)10-6-4-3-5-7-10/h3-7,11H,2,8-9H2,1H3,(H,13,14)/p-1. The Morgan fingerprint density at radius 2 is 2.07 bits per heavy atom. The van der Waals surface area contributed by atoms with Crippen molar-refractivity contribution in [2.75, 3.05) is 11.5 Å². The molecule has 82 valence electrons. The molecule has 0 saturated carbocycles. The van der Waals surface area contributed by atoms with Crippen LogP contribution in [0.3, 0.4) is 0 Å². The van der Waals surface area contributed by atoms with E-state index in [1.807, 2.05) is 30.3 Å². The molecule has 1 atom stereocenters. The Balaban J connectivity index is 2.62. The lowest BCUT2D eigenvalue weighted by Gasteiger charge is -2.17. The average Bonchev–Trinajstić information content (AvgIpc) is 2.25. The quantitative estimate of drug-likeness (QED) is 0.689. The topological polar surface area (TPSA) is 40.1 Å². The molecule has 0 spiro atoms. The number of carbonyl (C=O) groups is 1. The third-order valence-electron chi connectivity index (χ3n) is 2.24. The predicted octanol–water partition coefficient (Wildman–Crippen LogP) is 1.66. The molecule has 0 aliphatic rings. The van der Waals surface area contributed by atoms with Crippen LogP contribution in [0.5, 0.6) is 0 Å². The lowest BCUT2D eigenvalue weighted by Crippen LogP contribution is -2.30. The van der Waals surface area contributed by atoms with Gasteiger partial charge in [0, 0.05) is 11.9 Å². The smallest absolute Gasteiger partial charge is 0.0489 e. The number of aliphatic carboxylic acids is 1. The van der Waals surface area contributed by atoms with Crippen LogP contribution in [-0.2, 0) is 4.79 Å². The summed E-state index contributed by atoms with van der Waals surface area (Å²) in [4.78, 5) is 11.0. The maximum Gasteiger partial charge on any atom is 0.0489 e. The van der Waals surface area contributed by atoms with Gasteiger partial charge in [0.05, 0.1) is 0 Å². The van der Waals surface area contributed by atoms with Gasteiger partial charge in [0.15, 0.2) is 0 Å². The van der Waals surface area contributed by atoms with Crippen molar-refractivity contribution < 1.29 is 9.90 Å². The van der Waals surface area contributed by atoms with Gasteiger partial charge in [0.2, 0.25) is 0 Å². The van der Waals surface area contributed by atoms with Crippen molar-refractivity contribution in [1.29, 1.82) is 0 Å². The lowest BCUT2D eigenvalue weighted by atomic mass is 9.97. The minimum atomic E-state index is -0.974. The minimum absolute atomic E-state index is 0.467. The first-order valence-electron chi connectivity index (χ1n) is 5.09. The van der Waals surface area contributed by atoms with Crippen LogP contribution in [0.1, 0.15) is 24.8 Å². The van der Waals surface area contributed by atoms with E-state index in [1.165, 1.54) is 0 Å². The summed E-state index contributed by atoms with van der Waals surface area (Å²) in [5.74, 6) is 0.446. The molecule has 0 saturated heterocycles. The number of benzene rings is 1. The highest BCUT2D eigenvalue weighted by atomic mass is 32.2. The highest BCUT2D eigenvalue weighted by molar-refractivity contribution is 7.99. The van der Waals surface area contributed by atoms with Crippen LogP contribution < -0.4 is 5.11 Å². The molecule has 1 rings (SSSR count). The summed E-state index contributed by atoms with van der Waals surface area (Å²) in [6.07, 6.45) is 0.644. The van der Waals surface area contributed by atoms with Gasteiger partial charge >= 0.3 is 0 Å². The summed E-state index contributed by atoms with van der Waals surface area (Å²) in [5, 5.41) is 11.0. The van der Waals surface area contributed by atoms with E-state index in [0.29, 0.717) is 6.42 Å². The molecule has 1 unspecified atom stereocenters. The summed E-state index contributed by atoms with van der Waals surface area (Å²) in [6.45, 7) is 2.07. The van der Waals surface area contributed by atoms with Gasteiger partial charge in [0.25, 0.3) is 0 Å². The van der Waals surface area contributed by atoms with E-state index >= 15 is 0 Å². The van der Waals surface area contributed by atoms with Crippen LogP contribution in [0, 0.1) is 0 Å². The van der Waals surface area contributed by atoms with E-state index in [9.17, 15) is 9.90 Å². The summed E-state index contributed by atoms with van der Waals surface area (Å²) in [7, 11) is 0. The van der Waals surface area contributed by atoms with Gasteiger partial charge in [-0.05, 0) is 23.5 Å². The van der Waals surface area contributed by atoms with Gasteiger partial charge in [-0.15, -0.1) is 0 Å². The third-order valence-corrected chi connectivity index (χ3v) is 3.17. The maximum atomic E-state index is 11.0. The second-order valence-corrected chi connectivity index (χ2v) is 4.66. The zero-order valence-electron chi connectivity index (χ0n) is 8.81. The molecule has 0 aliphatic heterocycles. The van der Waals surface area contributed by atoms with E-state index in [-0.39, 0.29) is 0 Å². The fraction of sp³-hybridized carbons (Fsp3) is 0.417. The zero-order chi connectivity index (χ0) is 11.1. The van der Waals surface area contributed by atoms with Crippen LogP contribution in [-0.4, -0.2) is 17.5 Å². The first-order chi connectivity index (χ1) is 7.25. The summed E-state index contributed by atoms with van der Waals surface area (Å²) in [6, 6.07) is 9.29. The maximum absolute atomic E-state index is 11.0. The van der Waals surface area contributed by atoms with Gasteiger partial charge in [0.1, 0.15) is 0 Å². The molecule has 0 amide bonds. The van der Waals surface area contributed by atoms with E-state index in [2.05, 4.69) is 6.92 Å². The Kier molecular flexibility index (Phi) is 5.26. The summed E-state index contributed by atoms with van der Waals surface area (Å²) >= 11 is 1.76. The van der Waals surface area contributed by atoms with Crippen LogP contribution in [0.2, 0.25) is 0 Å². The van der Waals surface area contributed by atoms with Crippen LogP contribution in [0.15, 0.2) is 30.3 Å².